The van der Waals surface area contributed by atoms with Crippen molar-refractivity contribution in [2.45, 2.75) is 13.8 Å². The van der Waals surface area contributed by atoms with Gasteiger partial charge in [0, 0.05) is 6.54 Å². The Kier molecular flexibility index (Phi) is 11.0. The largest absolute Gasteiger partial charge is 0.494 e. The maximum absolute atomic E-state index is 13.7. The molecular weight excluding hydrogens is 409 g/mol. The van der Waals surface area contributed by atoms with E-state index in [1.165, 1.54) is 6.07 Å². The standard InChI is InChI=1S/C11H12Br2FNO.C3H6O2/c1-3-4-5-15-10-8(14)6-7(12)11(16-2)9(10)13;1-2-5-3-4/h3-4,6,15H,5H2,1-2H3;3H,2H2,1H3/b4-3-;. The highest BCUT2D eigenvalue weighted by Gasteiger charge is 2.15. The molecule has 0 unspecified atom stereocenters. The molecule has 0 aromatic heterocycles. The monoisotopic (exact) mass is 425 g/mol. The molecule has 0 radical (unpaired) electrons. The van der Waals surface area contributed by atoms with Crippen molar-refractivity contribution >= 4 is 44.0 Å². The zero-order chi connectivity index (χ0) is 16.3. The molecule has 118 valence electrons. The topological polar surface area (TPSA) is 47.6 Å². The van der Waals surface area contributed by atoms with Crippen LogP contribution >= 0.6 is 31.9 Å². The number of halogens is 3. The second kappa shape index (κ2) is 11.6. The van der Waals surface area contributed by atoms with Crippen LogP contribution in [0.15, 0.2) is 27.2 Å². The van der Waals surface area contributed by atoms with Crippen LogP contribution in [-0.4, -0.2) is 26.7 Å². The number of benzene rings is 1. The second-order valence-electron chi connectivity index (χ2n) is 3.56. The Balaban J connectivity index is 0.000000690. The van der Waals surface area contributed by atoms with Crippen molar-refractivity contribution in [3.05, 3.63) is 33.0 Å². The number of allylic oxidation sites excluding steroid dienone is 1. The van der Waals surface area contributed by atoms with E-state index in [2.05, 4.69) is 41.9 Å². The quantitative estimate of drug-likeness (QED) is 0.536. The molecule has 0 spiro atoms. The third-order valence-electron chi connectivity index (χ3n) is 2.20. The van der Waals surface area contributed by atoms with E-state index < -0.39 is 0 Å². The molecule has 4 nitrogen and oxygen atoms in total. The molecular formula is C14H18Br2FNO3. The van der Waals surface area contributed by atoms with Gasteiger partial charge in [-0.3, -0.25) is 4.79 Å². The van der Waals surface area contributed by atoms with Gasteiger partial charge >= 0.3 is 0 Å². The fraction of sp³-hybridized carbons (Fsp3) is 0.357. The molecule has 1 rings (SSSR count). The molecule has 1 aromatic rings. The molecule has 0 aliphatic rings. The van der Waals surface area contributed by atoms with Crippen LogP contribution in [0.1, 0.15) is 13.8 Å². The molecule has 0 heterocycles. The first-order valence-corrected chi connectivity index (χ1v) is 7.73. The average Bonchev–Trinajstić information content (AvgIpc) is 2.44. The maximum atomic E-state index is 13.7. The van der Waals surface area contributed by atoms with Crippen LogP contribution in [-0.2, 0) is 9.53 Å². The van der Waals surface area contributed by atoms with Crippen LogP contribution in [0.2, 0.25) is 0 Å². The van der Waals surface area contributed by atoms with Crippen LogP contribution in [0, 0.1) is 5.82 Å². The molecule has 0 aliphatic heterocycles. The van der Waals surface area contributed by atoms with Crippen molar-refractivity contribution in [3.8, 4) is 5.75 Å². The zero-order valence-electron chi connectivity index (χ0n) is 12.1. The molecule has 1 N–H and O–H groups in total. The SMILES string of the molecule is C/C=C\CNc1c(F)cc(Br)c(OC)c1Br.CCOC=O. The number of carbonyl (C=O) groups is 1. The predicted molar refractivity (Wildman–Crippen MR) is 89.3 cm³/mol. The van der Waals surface area contributed by atoms with Crippen LogP contribution in [0.3, 0.4) is 0 Å². The van der Waals surface area contributed by atoms with Gasteiger partial charge in [-0.1, -0.05) is 12.2 Å². The lowest BCUT2D eigenvalue weighted by Gasteiger charge is -2.13. The van der Waals surface area contributed by atoms with Crippen LogP contribution in [0.4, 0.5) is 10.1 Å². The van der Waals surface area contributed by atoms with Crippen molar-refractivity contribution in [1.29, 1.82) is 0 Å². The maximum Gasteiger partial charge on any atom is 0.293 e. The van der Waals surface area contributed by atoms with Crippen molar-refractivity contribution < 1.29 is 18.7 Å². The van der Waals surface area contributed by atoms with E-state index in [4.69, 9.17) is 4.74 Å². The fourth-order valence-electron chi connectivity index (χ4n) is 1.27. The smallest absolute Gasteiger partial charge is 0.293 e. The third kappa shape index (κ3) is 6.95. The molecule has 0 atom stereocenters. The van der Waals surface area contributed by atoms with Crippen LogP contribution in [0.25, 0.3) is 0 Å². The van der Waals surface area contributed by atoms with E-state index in [9.17, 15) is 9.18 Å². The number of hydrogen-bond donors (Lipinski definition) is 1. The molecule has 0 saturated carbocycles. The van der Waals surface area contributed by atoms with E-state index in [1.807, 2.05) is 19.1 Å². The Bertz CT molecular complexity index is 482. The number of ether oxygens (including phenoxy) is 2. The summed E-state index contributed by atoms with van der Waals surface area (Å²) in [6, 6.07) is 1.38. The van der Waals surface area contributed by atoms with Crippen molar-refractivity contribution in [2.24, 2.45) is 0 Å². The minimum absolute atomic E-state index is 0.330. The van der Waals surface area contributed by atoms with Crippen molar-refractivity contribution in [1.82, 2.24) is 0 Å². The molecule has 0 saturated heterocycles. The number of hydrogen-bond acceptors (Lipinski definition) is 4. The van der Waals surface area contributed by atoms with Gasteiger partial charge in [-0.05, 0) is 51.8 Å². The van der Waals surface area contributed by atoms with Gasteiger partial charge in [0.2, 0.25) is 0 Å². The van der Waals surface area contributed by atoms with Gasteiger partial charge < -0.3 is 14.8 Å². The first-order valence-electron chi connectivity index (χ1n) is 6.15. The molecule has 1 aromatic carbocycles. The minimum atomic E-state index is -0.330. The van der Waals surface area contributed by atoms with Gasteiger partial charge in [0.25, 0.3) is 6.47 Å². The summed E-state index contributed by atoms with van der Waals surface area (Å²) < 4.78 is 24.1. The molecule has 0 bridgehead atoms. The predicted octanol–water partition coefficient (Wildman–Crippen LogP) is 4.53. The van der Waals surface area contributed by atoms with Gasteiger partial charge in [-0.15, -0.1) is 0 Å². The lowest BCUT2D eigenvalue weighted by atomic mass is 10.3. The lowest BCUT2D eigenvalue weighted by molar-refractivity contribution is -0.128. The summed E-state index contributed by atoms with van der Waals surface area (Å²) in [6.45, 7) is 5.14. The first kappa shape index (κ1) is 19.9. The summed E-state index contributed by atoms with van der Waals surface area (Å²) in [7, 11) is 1.54. The molecule has 0 aliphatic carbocycles. The van der Waals surface area contributed by atoms with Crippen LogP contribution in [0.5, 0.6) is 5.75 Å². The van der Waals surface area contributed by atoms with E-state index in [0.717, 1.165) is 0 Å². The average molecular weight is 427 g/mol. The van der Waals surface area contributed by atoms with Crippen molar-refractivity contribution in [3.63, 3.8) is 0 Å². The highest BCUT2D eigenvalue weighted by atomic mass is 79.9. The lowest BCUT2D eigenvalue weighted by Crippen LogP contribution is -2.03. The second-order valence-corrected chi connectivity index (χ2v) is 5.21. The summed E-state index contributed by atoms with van der Waals surface area (Å²) in [5.74, 6) is 0.244. The number of carbonyl (C=O) groups excluding carboxylic acids is 1. The summed E-state index contributed by atoms with van der Waals surface area (Å²) in [5.41, 5.74) is 0.401. The van der Waals surface area contributed by atoms with Crippen LogP contribution < -0.4 is 10.1 Å². The van der Waals surface area contributed by atoms with Gasteiger partial charge in [-0.25, -0.2) is 4.39 Å². The summed E-state index contributed by atoms with van der Waals surface area (Å²) in [6.07, 6.45) is 3.80. The zero-order valence-corrected chi connectivity index (χ0v) is 15.3. The third-order valence-corrected chi connectivity index (χ3v) is 3.54. The highest BCUT2D eigenvalue weighted by Crippen LogP contribution is 2.40. The van der Waals surface area contributed by atoms with Gasteiger partial charge in [0.05, 0.1) is 28.3 Å². The van der Waals surface area contributed by atoms with E-state index in [0.29, 0.717) is 40.0 Å². The first-order chi connectivity index (χ1) is 10.0. The Morgan fingerprint density at radius 1 is 1.43 bits per heavy atom. The van der Waals surface area contributed by atoms with E-state index >= 15 is 0 Å². The van der Waals surface area contributed by atoms with Crippen molar-refractivity contribution in [2.75, 3.05) is 25.6 Å². The number of anilines is 1. The Labute approximate surface area is 141 Å². The summed E-state index contributed by atoms with van der Waals surface area (Å²) >= 11 is 6.55. The Morgan fingerprint density at radius 3 is 2.52 bits per heavy atom. The number of methoxy groups -OCH3 is 1. The molecule has 0 fully saturated rings. The van der Waals surface area contributed by atoms with Gasteiger partial charge in [0.15, 0.2) is 0 Å². The van der Waals surface area contributed by atoms with Gasteiger partial charge in [0.1, 0.15) is 11.6 Å². The molecule has 0 amide bonds. The van der Waals surface area contributed by atoms with Gasteiger partial charge in [-0.2, -0.15) is 0 Å². The normalized spacial score (nSPS) is 9.81. The fourth-order valence-corrected chi connectivity index (χ4v) is 2.80. The van der Waals surface area contributed by atoms with E-state index in [-0.39, 0.29) is 5.82 Å². The number of nitrogens with one attached hydrogen (secondary N) is 1. The molecule has 7 heteroatoms. The molecule has 21 heavy (non-hydrogen) atoms. The Hall–Kier alpha value is -1.08. The summed E-state index contributed by atoms with van der Waals surface area (Å²) in [4.78, 5) is 9.18. The number of rotatable bonds is 6. The summed E-state index contributed by atoms with van der Waals surface area (Å²) in [5, 5.41) is 2.97. The highest BCUT2D eigenvalue weighted by molar-refractivity contribution is 9.11. The Morgan fingerprint density at radius 2 is 2.10 bits per heavy atom. The minimum Gasteiger partial charge on any atom is -0.494 e. The van der Waals surface area contributed by atoms with E-state index in [1.54, 1.807) is 14.0 Å².